The van der Waals surface area contributed by atoms with Crippen LogP contribution in [-0.4, -0.2) is 35.6 Å². The molecule has 0 amide bonds. The van der Waals surface area contributed by atoms with Gasteiger partial charge in [0.2, 0.25) is 0 Å². The summed E-state index contributed by atoms with van der Waals surface area (Å²) in [6.07, 6.45) is 6.67. The number of aromatic nitrogens is 1. The van der Waals surface area contributed by atoms with Crippen molar-refractivity contribution in [1.82, 2.24) is 9.88 Å². The number of pyridine rings is 1. The number of ether oxygens (including phenoxy) is 1. The molecule has 2 atom stereocenters. The maximum absolute atomic E-state index is 6.61. The van der Waals surface area contributed by atoms with Crippen LogP contribution in [0.3, 0.4) is 0 Å². The van der Waals surface area contributed by atoms with Crippen LogP contribution in [0.5, 0.6) is 5.75 Å². The Morgan fingerprint density at radius 1 is 1.40 bits per heavy atom. The predicted octanol–water partition coefficient (Wildman–Crippen LogP) is 2.74. The highest BCUT2D eigenvalue weighted by atomic mass is 16.5. The third-order valence-electron chi connectivity index (χ3n) is 4.78. The second-order valence-electron chi connectivity index (χ2n) is 5.83. The van der Waals surface area contributed by atoms with Gasteiger partial charge in [-0.05, 0) is 51.4 Å². The highest BCUT2D eigenvalue weighted by Crippen LogP contribution is 2.36. The maximum atomic E-state index is 6.61. The van der Waals surface area contributed by atoms with Crippen LogP contribution >= 0.6 is 0 Å². The van der Waals surface area contributed by atoms with E-state index in [1.807, 2.05) is 12.1 Å². The topological polar surface area (TPSA) is 51.4 Å². The van der Waals surface area contributed by atoms with E-state index >= 15 is 0 Å². The first-order valence-electron chi connectivity index (χ1n) is 7.63. The molecule has 0 saturated carbocycles. The number of likely N-dealkylation sites (tertiary alicyclic amines) is 1. The third kappa shape index (κ3) is 2.81. The van der Waals surface area contributed by atoms with Crippen molar-refractivity contribution in [3.8, 4) is 5.75 Å². The summed E-state index contributed by atoms with van der Waals surface area (Å²) in [4.78, 5) is 7.02. The van der Waals surface area contributed by atoms with Crippen LogP contribution in [0.15, 0.2) is 18.3 Å². The first-order chi connectivity index (χ1) is 9.63. The van der Waals surface area contributed by atoms with Gasteiger partial charge in [-0.2, -0.15) is 0 Å². The number of nitrogens with zero attached hydrogens (tertiary/aromatic N) is 2. The van der Waals surface area contributed by atoms with Gasteiger partial charge in [-0.1, -0.05) is 13.3 Å². The standard InChI is InChI=1S/C16H27N3O/c1-4-16(2,19-11-6-5-7-12-19)15(17)14-13(20-3)9-8-10-18-14/h8-10,15H,4-7,11-12,17H2,1-3H3. The molecule has 1 aromatic rings. The van der Waals surface area contributed by atoms with E-state index in [0.717, 1.165) is 31.0 Å². The highest BCUT2D eigenvalue weighted by molar-refractivity contribution is 5.31. The molecule has 1 fully saturated rings. The lowest BCUT2D eigenvalue weighted by molar-refractivity contribution is 0.0524. The number of nitrogens with two attached hydrogens (primary N) is 1. The van der Waals surface area contributed by atoms with Crippen molar-refractivity contribution in [2.45, 2.75) is 51.1 Å². The molecule has 2 rings (SSSR count). The van der Waals surface area contributed by atoms with Crippen molar-refractivity contribution in [2.24, 2.45) is 5.73 Å². The third-order valence-corrected chi connectivity index (χ3v) is 4.78. The van der Waals surface area contributed by atoms with Gasteiger partial charge in [-0.25, -0.2) is 0 Å². The lowest BCUT2D eigenvalue weighted by Crippen LogP contribution is -2.55. The van der Waals surface area contributed by atoms with E-state index in [0.29, 0.717) is 0 Å². The number of piperidine rings is 1. The van der Waals surface area contributed by atoms with E-state index in [9.17, 15) is 0 Å². The molecule has 1 aromatic heterocycles. The van der Waals surface area contributed by atoms with Crippen molar-refractivity contribution in [2.75, 3.05) is 20.2 Å². The summed E-state index contributed by atoms with van der Waals surface area (Å²) >= 11 is 0. The second kappa shape index (κ2) is 6.55. The molecule has 1 saturated heterocycles. The van der Waals surface area contributed by atoms with Gasteiger partial charge in [0.05, 0.1) is 13.2 Å². The van der Waals surface area contributed by atoms with Gasteiger partial charge in [0.25, 0.3) is 0 Å². The molecule has 0 aliphatic carbocycles. The van der Waals surface area contributed by atoms with E-state index in [1.165, 1.54) is 19.3 Å². The summed E-state index contributed by atoms with van der Waals surface area (Å²) in [6.45, 7) is 6.74. The largest absolute Gasteiger partial charge is 0.495 e. The molecule has 0 bridgehead atoms. The summed E-state index contributed by atoms with van der Waals surface area (Å²) in [5.74, 6) is 0.789. The Labute approximate surface area is 122 Å². The minimum absolute atomic E-state index is 0.0674. The van der Waals surface area contributed by atoms with Gasteiger partial charge in [-0.15, -0.1) is 0 Å². The van der Waals surface area contributed by atoms with Gasteiger partial charge < -0.3 is 10.5 Å². The SMILES string of the molecule is CCC(C)(C(N)c1ncccc1OC)N1CCCCC1. The minimum atomic E-state index is -0.137. The van der Waals surface area contributed by atoms with Crippen molar-refractivity contribution in [3.05, 3.63) is 24.0 Å². The highest BCUT2D eigenvalue weighted by Gasteiger charge is 2.39. The summed E-state index contributed by atoms with van der Waals surface area (Å²) in [7, 11) is 1.68. The fraction of sp³-hybridized carbons (Fsp3) is 0.688. The van der Waals surface area contributed by atoms with Crippen LogP contribution in [0.25, 0.3) is 0 Å². The van der Waals surface area contributed by atoms with Crippen LogP contribution < -0.4 is 10.5 Å². The van der Waals surface area contributed by atoms with Crippen LogP contribution in [0, 0.1) is 0 Å². The van der Waals surface area contributed by atoms with Gasteiger partial charge in [0.1, 0.15) is 11.4 Å². The molecule has 4 nitrogen and oxygen atoms in total. The van der Waals surface area contributed by atoms with Gasteiger partial charge in [0.15, 0.2) is 0 Å². The van der Waals surface area contributed by atoms with Crippen molar-refractivity contribution >= 4 is 0 Å². The normalized spacial score (nSPS) is 21.2. The van der Waals surface area contributed by atoms with E-state index in [1.54, 1.807) is 13.3 Å². The van der Waals surface area contributed by atoms with E-state index in [2.05, 4.69) is 23.7 Å². The molecule has 20 heavy (non-hydrogen) atoms. The Morgan fingerprint density at radius 3 is 2.70 bits per heavy atom. The molecule has 1 aliphatic rings. The number of rotatable bonds is 5. The molecule has 4 heteroatoms. The Balaban J connectivity index is 2.29. The van der Waals surface area contributed by atoms with Crippen LogP contribution in [-0.2, 0) is 0 Å². The first-order valence-corrected chi connectivity index (χ1v) is 7.63. The molecule has 0 aromatic carbocycles. The van der Waals surface area contributed by atoms with E-state index in [4.69, 9.17) is 10.5 Å². The zero-order valence-electron chi connectivity index (χ0n) is 12.9. The molecular formula is C16H27N3O. The second-order valence-corrected chi connectivity index (χ2v) is 5.83. The fourth-order valence-corrected chi connectivity index (χ4v) is 3.15. The van der Waals surface area contributed by atoms with E-state index < -0.39 is 0 Å². The van der Waals surface area contributed by atoms with Crippen molar-refractivity contribution in [1.29, 1.82) is 0 Å². The van der Waals surface area contributed by atoms with Crippen LogP contribution in [0.1, 0.15) is 51.3 Å². The van der Waals surface area contributed by atoms with E-state index in [-0.39, 0.29) is 11.6 Å². The summed E-state index contributed by atoms with van der Waals surface area (Å²) < 4.78 is 5.43. The predicted molar refractivity (Wildman–Crippen MR) is 81.8 cm³/mol. The fourth-order valence-electron chi connectivity index (χ4n) is 3.15. The lowest BCUT2D eigenvalue weighted by Gasteiger charge is -2.46. The molecule has 0 spiro atoms. The quantitative estimate of drug-likeness (QED) is 0.899. The molecule has 0 radical (unpaired) electrons. The van der Waals surface area contributed by atoms with Gasteiger partial charge in [-0.3, -0.25) is 9.88 Å². The average Bonchev–Trinajstić information content (AvgIpc) is 2.54. The molecule has 2 N–H and O–H groups in total. The van der Waals surface area contributed by atoms with Crippen molar-refractivity contribution in [3.63, 3.8) is 0 Å². The smallest absolute Gasteiger partial charge is 0.142 e. The zero-order chi connectivity index (χ0) is 14.6. The van der Waals surface area contributed by atoms with Gasteiger partial charge in [0, 0.05) is 11.7 Å². The lowest BCUT2D eigenvalue weighted by atomic mass is 9.84. The zero-order valence-corrected chi connectivity index (χ0v) is 12.9. The number of methoxy groups -OCH3 is 1. The van der Waals surface area contributed by atoms with Gasteiger partial charge >= 0.3 is 0 Å². The number of hydrogen-bond acceptors (Lipinski definition) is 4. The monoisotopic (exact) mass is 277 g/mol. The van der Waals surface area contributed by atoms with Crippen LogP contribution in [0.4, 0.5) is 0 Å². The molecule has 2 heterocycles. The average molecular weight is 277 g/mol. The Kier molecular flexibility index (Phi) is 5.00. The molecule has 1 aliphatic heterocycles. The van der Waals surface area contributed by atoms with Crippen LogP contribution in [0.2, 0.25) is 0 Å². The molecule has 2 unspecified atom stereocenters. The number of hydrogen-bond donors (Lipinski definition) is 1. The summed E-state index contributed by atoms with van der Waals surface area (Å²) in [5.41, 5.74) is 7.41. The Morgan fingerprint density at radius 2 is 2.10 bits per heavy atom. The Bertz CT molecular complexity index is 431. The molecular weight excluding hydrogens is 250 g/mol. The summed E-state index contributed by atoms with van der Waals surface area (Å²) in [6, 6.07) is 3.69. The first kappa shape index (κ1) is 15.3. The maximum Gasteiger partial charge on any atom is 0.142 e. The minimum Gasteiger partial charge on any atom is -0.495 e. The molecule has 112 valence electrons. The van der Waals surface area contributed by atoms with Crippen molar-refractivity contribution < 1.29 is 4.74 Å². The summed E-state index contributed by atoms with van der Waals surface area (Å²) in [5, 5.41) is 0. The Hall–Kier alpha value is -1.13.